The predicted molar refractivity (Wildman–Crippen MR) is 46.1 cm³/mol. The molecular weight excluding hydrogens is 184 g/mol. The monoisotopic (exact) mass is 193 g/mol. The standard InChI is InChI=1S/C8H10ClF2N/c1-5-3-7(9)12-4-6(5)8(2,10)11/h4,7H,3H2,1-2H3. The molecule has 0 bridgehead atoms. The average molecular weight is 194 g/mol. The van der Waals surface area contributed by atoms with E-state index in [9.17, 15) is 8.78 Å². The molecule has 0 fully saturated rings. The van der Waals surface area contributed by atoms with Crippen LogP contribution in [0.1, 0.15) is 20.3 Å². The summed E-state index contributed by atoms with van der Waals surface area (Å²) in [4.78, 5) is 3.73. The average Bonchev–Trinajstić information content (AvgIpc) is 1.83. The molecule has 0 amide bonds. The first-order valence-electron chi connectivity index (χ1n) is 3.66. The van der Waals surface area contributed by atoms with E-state index in [0.29, 0.717) is 12.0 Å². The molecule has 1 heterocycles. The number of halogens is 3. The lowest BCUT2D eigenvalue weighted by atomic mass is 10.0. The summed E-state index contributed by atoms with van der Waals surface area (Å²) in [5.74, 6) is -2.80. The fourth-order valence-corrected chi connectivity index (χ4v) is 1.46. The second-order valence-corrected chi connectivity index (χ2v) is 3.50. The van der Waals surface area contributed by atoms with Gasteiger partial charge in [-0.2, -0.15) is 0 Å². The SMILES string of the molecule is CC1=C(C(C)(F)F)C=NC(Cl)C1. The van der Waals surface area contributed by atoms with E-state index in [4.69, 9.17) is 11.6 Å². The second-order valence-electron chi connectivity index (χ2n) is 3.00. The molecule has 0 radical (unpaired) electrons. The van der Waals surface area contributed by atoms with Crippen molar-refractivity contribution in [3.63, 3.8) is 0 Å². The number of dihydropyridines is 1. The zero-order valence-electron chi connectivity index (χ0n) is 6.94. The number of allylic oxidation sites excluding steroid dienone is 1. The molecule has 0 saturated heterocycles. The second kappa shape index (κ2) is 3.13. The van der Waals surface area contributed by atoms with Crippen LogP contribution in [0.15, 0.2) is 16.1 Å². The molecule has 0 aliphatic carbocycles. The molecule has 1 unspecified atom stereocenters. The maximum absolute atomic E-state index is 12.8. The van der Waals surface area contributed by atoms with Gasteiger partial charge in [-0.25, -0.2) is 8.78 Å². The van der Waals surface area contributed by atoms with Gasteiger partial charge in [-0.1, -0.05) is 17.2 Å². The third kappa shape index (κ3) is 2.03. The van der Waals surface area contributed by atoms with Crippen molar-refractivity contribution in [1.82, 2.24) is 0 Å². The highest BCUT2D eigenvalue weighted by Gasteiger charge is 2.30. The summed E-state index contributed by atoms with van der Waals surface area (Å²) < 4.78 is 25.6. The Morgan fingerprint density at radius 2 is 2.25 bits per heavy atom. The minimum Gasteiger partial charge on any atom is -0.273 e. The molecule has 0 spiro atoms. The fourth-order valence-electron chi connectivity index (χ4n) is 1.17. The summed E-state index contributed by atoms with van der Waals surface area (Å²) in [6.07, 6.45) is 1.59. The van der Waals surface area contributed by atoms with Gasteiger partial charge in [0.05, 0.1) is 0 Å². The highest BCUT2D eigenvalue weighted by Crippen LogP contribution is 2.30. The highest BCUT2D eigenvalue weighted by molar-refractivity contribution is 6.21. The van der Waals surface area contributed by atoms with Crippen LogP contribution in [-0.4, -0.2) is 17.6 Å². The molecule has 0 aromatic rings. The van der Waals surface area contributed by atoms with Gasteiger partial charge in [-0.05, 0) is 6.92 Å². The van der Waals surface area contributed by atoms with Crippen LogP contribution in [0.5, 0.6) is 0 Å². The number of aliphatic imine (C=N–C) groups is 1. The van der Waals surface area contributed by atoms with Crippen molar-refractivity contribution in [2.45, 2.75) is 31.7 Å². The van der Waals surface area contributed by atoms with Crippen molar-refractivity contribution in [3.8, 4) is 0 Å². The van der Waals surface area contributed by atoms with E-state index in [1.54, 1.807) is 6.92 Å². The van der Waals surface area contributed by atoms with Crippen molar-refractivity contribution < 1.29 is 8.78 Å². The predicted octanol–water partition coefficient (Wildman–Crippen LogP) is 3.00. The normalized spacial score (nSPS) is 24.9. The van der Waals surface area contributed by atoms with Crippen LogP contribution in [-0.2, 0) is 0 Å². The number of alkyl halides is 3. The molecular formula is C8H10ClF2N. The topological polar surface area (TPSA) is 12.4 Å². The van der Waals surface area contributed by atoms with Gasteiger partial charge in [-0.15, -0.1) is 0 Å². The molecule has 0 N–H and O–H groups in total. The molecule has 1 rings (SSSR count). The van der Waals surface area contributed by atoms with E-state index in [1.165, 1.54) is 6.21 Å². The summed E-state index contributed by atoms with van der Waals surface area (Å²) in [5, 5.41) is 0. The molecule has 0 aromatic heterocycles. The Balaban J connectivity index is 2.92. The quantitative estimate of drug-likeness (QED) is 0.449. The maximum atomic E-state index is 12.8. The number of hydrogen-bond donors (Lipinski definition) is 0. The van der Waals surface area contributed by atoms with Crippen LogP contribution in [0.25, 0.3) is 0 Å². The lowest BCUT2D eigenvalue weighted by Crippen LogP contribution is -2.20. The molecule has 1 atom stereocenters. The lowest BCUT2D eigenvalue weighted by Gasteiger charge is -2.19. The fraction of sp³-hybridized carbons (Fsp3) is 0.625. The van der Waals surface area contributed by atoms with E-state index in [0.717, 1.165) is 6.92 Å². The van der Waals surface area contributed by atoms with E-state index >= 15 is 0 Å². The summed E-state index contributed by atoms with van der Waals surface area (Å²) in [6, 6.07) is 0. The first kappa shape index (κ1) is 9.65. The third-order valence-corrected chi connectivity index (χ3v) is 2.04. The number of hydrogen-bond acceptors (Lipinski definition) is 1. The maximum Gasteiger partial charge on any atom is 0.271 e. The van der Waals surface area contributed by atoms with E-state index < -0.39 is 5.92 Å². The van der Waals surface area contributed by atoms with Gasteiger partial charge in [0.1, 0.15) is 5.50 Å². The minimum absolute atomic E-state index is 0.000556. The Bertz CT molecular complexity index is 240. The molecule has 0 saturated carbocycles. The molecule has 4 heteroatoms. The van der Waals surface area contributed by atoms with Gasteiger partial charge >= 0.3 is 0 Å². The van der Waals surface area contributed by atoms with E-state index in [1.807, 2.05) is 0 Å². The number of rotatable bonds is 1. The molecule has 1 aliphatic rings. The Labute approximate surface area is 75.1 Å². The molecule has 68 valence electrons. The van der Waals surface area contributed by atoms with Crippen LogP contribution in [0.2, 0.25) is 0 Å². The van der Waals surface area contributed by atoms with Gasteiger partial charge in [-0.3, -0.25) is 4.99 Å². The minimum atomic E-state index is -2.80. The third-order valence-electron chi connectivity index (χ3n) is 1.77. The van der Waals surface area contributed by atoms with Crippen molar-refractivity contribution in [3.05, 3.63) is 11.1 Å². The zero-order chi connectivity index (χ0) is 9.35. The summed E-state index contributed by atoms with van der Waals surface area (Å²) in [7, 11) is 0. The van der Waals surface area contributed by atoms with Gasteiger partial charge < -0.3 is 0 Å². The molecule has 1 aliphatic heterocycles. The molecule has 0 aromatic carbocycles. The van der Waals surface area contributed by atoms with Crippen LogP contribution >= 0.6 is 11.6 Å². The van der Waals surface area contributed by atoms with E-state index in [2.05, 4.69) is 4.99 Å². The Morgan fingerprint density at radius 3 is 2.67 bits per heavy atom. The Kier molecular flexibility index (Phi) is 2.52. The van der Waals surface area contributed by atoms with Crippen molar-refractivity contribution in [2.24, 2.45) is 4.99 Å². The largest absolute Gasteiger partial charge is 0.273 e. The molecule has 12 heavy (non-hydrogen) atoms. The van der Waals surface area contributed by atoms with Crippen LogP contribution in [0.3, 0.4) is 0 Å². The summed E-state index contributed by atoms with van der Waals surface area (Å²) in [6.45, 7) is 2.53. The van der Waals surface area contributed by atoms with Crippen LogP contribution < -0.4 is 0 Å². The Hall–Kier alpha value is -0.440. The highest BCUT2D eigenvalue weighted by atomic mass is 35.5. The van der Waals surface area contributed by atoms with E-state index in [-0.39, 0.29) is 11.1 Å². The van der Waals surface area contributed by atoms with Crippen molar-refractivity contribution in [1.29, 1.82) is 0 Å². The van der Waals surface area contributed by atoms with Gasteiger partial charge in [0.25, 0.3) is 5.92 Å². The van der Waals surface area contributed by atoms with Crippen LogP contribution in [0.4, 0.5) is 8.78 Å². The first-order valence-corrected chi connectivity index (χ1v) is 4.10. The Morgan fingerprint density at radius 1 is 1.67 bits per heavy atom. The zero-order valence-corrected chi connectivity index (χ0v) is 7.70. The lowest BCUT2D eigenvalue weighted by molar-refractivity contribution is 0.0691. The summed E-state index contributed by atoms with van der Waals surface area (Å²) >= 11 is 5.65. The summed E-state index contributed by atoms with van der Waals surface area (Å²) in [5.41, 5.74) is 0.244. The molecule has 1 nitrogen and oxygen atoms in total. The van der Waals surface area contributed by atoms with Crippen molar-refractivity contribution >= 4 is 17.8 Å². The van der Waals surface area contributed by atoms with Gasteiger partial charge in [0.15, 0.2) is 0 Å². The van der Waals surface area contributed by atoms with Crippen LogP contribution in [0, 0.1) is 0 Å². The van der Waals surface area contributed by atoms with Crippen molar-refractivity contribution in [2.75, 3.05) is 0 Å². The van der Waals surface area contributed by atoms with Gasteiger partial charge in [0, 0.05) is 25.1 Å². The van der Waals surface area contributed by atoms with Gasteiger partial charge in [0.2, 0.25) is 0 Å². The number of nitrogens with zero attached hydrogens (tertiary/aromatic N) is 1. The first-order chi connectivity index (χ1) is 5.41. The smallest absolute Gasteiger partial charge is 0.271 e.